The first-order valence-corrected chi connectivity index (χ1v) is 11.8. The number of hydrogen-bond acceptors (Lipinski definition) is 5. The fourth-order valence-corrected chi connectivity index (χ4v) is 5.98. The number of nitrogens with one attached hydrogen (secondary N) is 1. The number of hydrogen-bond donors (Lipinski definition) is 1. The van der Waals surface area contributed by atoms with Crippen molar-refractivity contribution in [1.29, 1.82) is 0 Å². The van der Waals surface area contributed by atoms with Gasteiger partial charge >= 0.3 is 0 Å². The van der Waals surface area contributed by atoms with Crippen molar-refractivity contribution in [3.05, 3.63) is 59.9 Å². The Morgan fingerprint density at radius 3 is 2.63 bits per heavy atom. The Kier molecular flexibility index (Phi) is 5.14. The molecule has 0 amide bonds. The Hall–Kier alpha value is -2.55. The number of piperidine rings is 1. The Morgan fingerprint density at radius 1 is 0.933 bits per heavy atom. The lowest BCUT2D eigenvalue weighted by molar-refractivity contribution is 0.295. The van der Waals surface area contributed by atoms with Crippen LogP contribution in [0.25, 0.3) is 10.9 Å². The van der Waals surface area contributed by atoms with Gasteiger partial charge in [-0.2, -0.15) is 17.0 Å². The molecule has 0 aliphatic carbocycles. The molecule has 4 heterocycles. The first-order valence-electron chi connectivity index (χ1n) is 10.4. The quantitative estimate of drug-likeness (QED) is 0.695. The number of fused-ring (bicyclic) bond motifs is 2. The van der Waals surface area contributed by atoms with Gasteiger partial charge in [0.05, 0.1) is 17.4 Å². The van der Waals surface area contributed by atoms with Crippen molar-refractivity contribution < 1.29 is 8.42 Å². The van der Waals surface area contributed by atoms with Gasteiger partial charge in [-0.15, -0.1) is 0 Å². The fraction of sp³-hybridized carbons (Fsp3) is 0.364. The largest absolute Gasteiger partial charge is 0.339 e. The van der Waals surface area contributed by atoms with Crippen molar-refractivity contribution in [2.24, 2.45) is 0 Å². The summed E-state index contributed by atoms with van der Waals surface area (Å²) < 4.78 is 29.4. The van der Waals surface area contributed by atoms with Crippen LogP contribution in [-0.4, -0.2) is 46.6 Å². The minimum absolute atomic E-state index is 0.390. The Morgan fingerprint density at radius 2 is 1.77 bits per heavy atom. The Labute approximate surface area is 176 Å². The predicted octanol–water partition coefficient (Wildman–Crippen LogP) is 3.46. The zero-order valence-corrected chi connectivity index (χ0v) is 17.6. The number of aromatic nitrogens is 2. The molecule has 0 radical (unpaired) electrons. The van der Waals surface area contributed by atoms with Gasteiger partial charge in [0.15, 0.2) is 0 Å². The van der Waals surface area contributed by atoms with E-state index in [1.807, 2.05) is 30.3 Å². The van der Waals surface area contributed by atoms with Gasteiger partial charge in [-0.05, 0) is 43.0 Å². The first-order chi connectivity index (χ1) is 14.6. The van der Waals surface area contributed by atoms with Crippen LogP contribution in [0.5, 0.6) is 0 Å². The number of pyridine rings is 2. The van der Waals surface area contributed by atoms with Gasteiger partial charge in [0, 0.05) is 43.3 Å². The molecule has 2 aliphatic heterocycles. The van der Waals surface area contributed by atoms with Crippen molar-refractivity contribution in [2.45, 2.75) is 32.2 Å². The van der Waals surface area contributed by atoms with E-state index in [2.05, 4.69) is 21.4 Å². The molecule has 8 heteroatoms. The number of para-hydroxylation sites is 1. The third kappa shape index (κ3) is 3.66. The number of nitrogens with zero attached hydrogens (tertiary/aromatic N) is 4. The summed E-state index contributed by atoms with van der Waals surface area (Å²) in [5.41, 5.74) is 3.91. The molecule has 7 nitrogen and oxygen atoms in total. The Bertz CT molecular complexity index is 1180. The van der Waals surface area contributed by atoms with Crippen LogP contribution in [0.4, 0.5) is 11.5 Å². The van der Waals surface area contributed by atoms with E-state index in [-0.39, 0.29) is 0 Å². The molecule has 0 spiro atoms. The van der Waals surface area contributed by atoms with Crippen molar-refractivity contribution in [3.63, 3.8) is 0 Å². The van der Waals surface area contributed by atoms with Gasteiger partial charge < -0.3 is 5.32 Å². The average molecular weight is 424 g/mol. The predicted molar refractivity (Wildman–Crippen MR) is 118 cm³/mol. The molecule has 5 rings (SSSR count). The van der Waals surface area contributed by atoms with Crippen LogP contribution in [0.2, 0.25) is 0 Å². The molecule has 156 valence electrons. The molecule has 1 saturated heterocycles. The highest BCUT2D eigenvalue weighted by Gasteiger charge is 2.33. The molecule has 0 bridgehead atoms. The van der Waals surface area contributed by atoms with Gasteiger partial charge in [0.25, 0.3) is 10.2 Å². The van der Waals surface area contributed by atoms with Crippen molar-refractivity contribution in [1.82, 2.24) is 18.6 Å². The molecule has 3 aromatic rings. The van der Waals surface area contributed by atoms with Crippen LogP contribution in [0.1, 0.15) is 30.4 Å². The van der Waals surface area contributed by atoms with Crippen LogP contribution < -0.4 is 5.32 Å². The molecule has 0 saturated carbocycles. The molecule has 1 aromatic carbocycles. The topological polar surface area (TPSA) is 78.4 Å². The molecule has 1 N–H and O–H groups in total. The number of anilines is 2. The third-order valence-electron chi connectivity index (χ3n) is 5.93. The first kappa shape index (κ1) is 19.4. The second-order valence-corrected chi connectivity index (χ2v) is 9.82. The monoisotopic (exact) mass is 423 g/mol. The van der Waals surface area contributed by atoms with Gasteiger partial charge in [-0.3, -0.25) is 4.98 Å². The maximum absolute atomic E-state index is 13.1. The van der Waals surface area contributed by atoms with Gasteiger partial charge in [0.2, 0.25) is 0 Å². The lowest BCUT2D eigenvalue weighted by atomic mass is 10.0. The van der Waals surface area contributed by atoms with Crippen molar-refractivity contribution >= 4 is 32.6 Å². The molecule has 0 unspecified atom stereocenters. The van der Waals surface area contributed by atoms with E-state index in [4.69, 9.17) is 0 Å². The summed E-state index contributed by atoms with van der Waals surface area (Å²) in [4.78, 5) is 9.03. The SMILES string of the molecule is O=S(=O)(N1CCCCC1)N1CCc2c(ccnc2Nc2cnc3ccccc3c2)C1. The molecule has 2 aromatic heterocycles. The van der Waals surface area contributed by atoms with Crippen LogP contribution in [0, 0.1) is 0 Å². The van der Waals surface area contributed by atoms with Crippen LogP contribution >= 0.6 is 0 Å². The fourth-order valence-electron chi connectivity index (χ4n) is 4.30. The lowest BCUT2D eigenvalue weighted by Crippen LogP contribution is -2.47. The summed E-state index contributed by atoms with van der Waals surface area (Å²) in [5.74, 6) is 0.777. The van der Waals surface area contributed by atoms with E-state index in [1.54, 1.807) is 21.0 Å². The highest BCUT2D eigenvalue weighted by atomic mass is 32.2. The molecular weight excluding hydrogens is 398 g/mol. The van der Waals surface area contributed by atoms with E-state index in [9.17, 15) is 8.42 Å². The highest BCUT2D eigenvalue weighted by Crippen LogP contribution is 2.30. The second kappa shape index (κ2) is 7.94. The lowest BCUT2D eigenvalue weighted by Gasteiger charge is -2.35. The van der Waals surface area contributed by atoms with E-state index in [1.165, 1.54) is 0 Å². The number of rotatable bonds is 4. The minimum Gasteiger partial charge on any atom is -0.339 e. The van der Waals surface area contributed by atoms with Crippen LogP contribution in [0.15, 0.2) is 48.8 Å². The van der Waals surface area contributed by atoms with Crippen LogP contribution in [-0.2, 0) is 23.2 Å². The van der Waals surface area contributed by atoms with Crippen LogP contribution in [0.3, 0.4) is 0 Å². The zero-order chi connectivity index (χ0) is 20.6. The second-order valence-electron chi connectivity index (χ2n) is 7.89. The standard InChI is InChI=1S/C22H25N5O2S/c28-30(29,26-11-4-1-5-12-26)27-13-9-20-18(16-27)8-10-23-22(20)25-19-14-17-6-2-3-7-21(17)24-15-19/h2-3,6-8,10,14-15H,1,4-5,9,11-13,16H2,(H,23,25). The molecule has 0 atom stereocenters. The number of benzene rings is 1. The van der Waals surface area contributed by atoms with Gasteiger partial charge in [0.1, 0.15) is 5.82 Å². The van der Waals surface area contributed by atoms with E-state index < -0.39 is 10.2 Å². The molecular formula is C22H25N5O2S. The summed E-state index contributed by atoms with van der Waals surface area (Å²) in [6, 6.07) is 12.0. The summed E-state index contributed by atoms with van der Waals surface area (Å²) in [6.07, 6.45) is 7.19. The minimum atomic E-state index is -3.41. The van der Waals surface area contributed by atoms with E-state index in [0.29, 0.717) is 32.6 Å². The maximum Gasteiger partial charge on any atom is 0.282 e. The third-order valence-corrected chi connectivity index (χ3v) is 7.91. The molecule has 2 aliphatic rings. The van der Waals surface area contributed by atoms with Crippen molar-refractivity contribution in [2.75, 3.05) is 25.0 Å². The normalized spacial score (nSPS) is 18.3. The smallest absolute Gasteiger partial charge is 0.282 e. The van der Waals surface area contributed by atoms with Crippen molar-refractivity contribution in [3.8, 4) is 0 Å². The summed E-state index contributed by atoms with van der Waals surface area (Å²) in [7, 11) is -3.41. The molecule has 30 heavy (non-hydrogen) atoms. The van der Waals surface area contributed by atoms with Gasteiger partial charge in [-0.1, -0.05) is 24.6 Å². The average Bonchev–Trinajstić information content (AvgIpc) is 2.79. The highest BCUT2D eigenvalue weighted by molar-refractivity contribution is 7.86. The summed E-state index contributed by atoms with van der Waals surface area (Å²) in [5, 5.41) is 4.45. The Balaban J connectivity index is 1.38. The zero-order valence-electron chi connectivity index (χ0n) is 16.8. The maximum atomic E-state index is 13.1. The van der Waals surface area contributed by atoms with E-state index >= 15 is 0 Å². The summed E-state index contributed by atoms with van der Waals surface area (Å²) >= 11 is 0. The van der Waals surface area contributed by atoms with Gasteiger partial charge in [-0.25, -0.2) is 4.98 Å². The molecule has 1 fully saturated rings. The van der Waals surface area contributed by atoms with E-state index in [0.717, 1.165) is 52.8 Å². The summed E-state index contributed by atoms with van der Waals surface area (Å²) in [6.45, 7) is 2.12.